The summed E-state index contributed by atoms with van der Waals surface area (Å²) >= 11 is 3.45. The van der Waals surface area contributed by atoms with Gasteiger partial charge in [0.2, 0.25) is 0 Å². The predicted octanol–water partition coefficient (Wildman–Crippen LogP) is 4.16. The fourth-order valence-corrected chi connectivity index (χ4v) is 2.14. The third-order valence-electron chi connectivity index (χ3n) is 3.37. The van der Waals surface area contributed by atoms with Gasteiger partial charge >= 0.3 is 0 Å². The molecule has 1 atom stereocenters. The molecule has 0 heterocycles. The average molecular weight is 342 g/mol. The number of rotatable bonds is 8. The van der Waals surface area contributed by atoms with E-state index < -0.39 is 0 Å². The second-order valence-electron chi connectivity index (χ2n) is 5.23. The molecule has 0 fully saturated rings. The van der Waals surface area contributed by atoms with E-state index in [-0.39, 0.29) is 11.4 Å². The lowest BCUT2D eigenvalue weighted by atomic mass is 10.0. The maximum atomic E-state index is 12.2. The minimum Gasteiger partial charge on any atom is -0.494 e. The molecule has 0 saturated heterocycles. The van der Waals surface area contributed by atoms with E-state index in [9.17, 15) is 4.79 Å². The molecule has 1 N–H and O–H groups in total. The third kappa shape index (κ3) is 5.16. The minimum atomic E-state index is -0.215. The number of ether oxygens (including phenoxy) is 1. The molecule has 1 unspecified atom stereocenters. The van der Waals surface area contributed by atoms with Gasteiger partial charge in [0.1, 0.15) is 5.75 Å². The van der Waals surface area contributed by atoms with Crippen LogP contribution in [-0.4, -0.2) is 23.4 Å². The molecule has 0 aromatic heterocycles. The molecule has 1 aromatic carbocycles. The van der Waals surface area contributed by atoms with Gasteiger partial charge in [-0.25, -0.2) is 0 Å². The minimum absolute atomic E-state index is 0.0473. The van der Waals surface area contributed by atoms with Crippen molar-refractivity contribution in [1.82, 2.24) is 5.32 Å². The summed E-state index contributed by atoms with van der Waals surface area (Å²) in [5.41, 5.74) is 0.446. The van der Waals surface area contributed by atoms with Crippen molar-refractivity contribution in [2.45, 2.75) is 45.6 Å². The Morgan fingerprint density at radius 2 is 1.95 bits per heavy atom. The van der Waals surface area contributed by atoms with E-state index in [0.717, 1.165) is 36.9 Å². The Bertz CT molecular complexity index is 413. The van der Waals surface area contributed by atoms with Gasteiger partial charge in [-0.15, -0.1) is 0 Å². The highest BCUT2D eigenvalue weighted by atomic mass is 79.9. The second kappa shape index (κ2) is 8.30. The number of carbonyl (C=O) groups excluding carboxylic acids is 1. The first-order chi connectivity index (χ1) is 9.54. The summed E-state index contributed by atoms with van der Waals surface area (Å²) in [6.45, 7) is 6.94. The monoisotopic (exact) mass is 341 g/mol. The summed E-state index contributed by atoms with van der Waals surface area (Å²) in [6.07, 6.45) is 3.03. The summed E-state index contributed by atoms with van der Waals surface area (Å²) in [5.74, 6) is 0.766. The third-order valence-corrected chi connectivity index (χ3v) is 4.61. The standard InChI is InChI=1S/C16H24BrNO2/c1-4-6-11-20-14-9-7-13(8-10-14)15(19)18-16(3,5-2)12-17/h7-10H,4-6,11-12H2,1-3H3,(H,18,19). The van der Waals surface area contributed by atoms with Gasteiger partial charge in [0.25, 0.3) is 5.91 Å². The molecule has 1 rings (SSSR count). The van der Waals surface area contributed by atoms with Gasteiger partial charge in [-0.3, -0.25) is 4.79 Å². The van der Waals surface area contributed by atoms with Crippen LogP contribution in [0.15, 0.2) is 24.3 Å². The van der Waals surface area contributed by atoms with Crippen molar-refractivity contribution in [3.05, 3.63) is 29.8 Å². The van der Waals surface area contributed by atoms with E-state index in [0.29, 0.717) is 5.56 Å². The van der Waals surface area contributed by atoms with Gasteiger partial charge in [-0.1, -0.05) is 36.2 Å². The number of amides is 1. The van der Waals surface area contributed by atoms with Crippen LogP contribution in [-0.2, 0) is 0 Å². The van der Waals surface area contributed by atoms with Crippen LogP contribution < -0.4 is 10.1 Å². The van der Waals surface area contributed by atoms with Crippen LogP contribution in [0, 0.1) is 0 Å². The van der Waals surface area contributed by atoms with Crippen LogP contribution in [0.3, 0.4) is 0 Å². The Kier molecular flexibility index (Phi) is 7.06. The van der Waals surface area contributed by atoms with Gasteiger partial charge in [-0.2, -0.15) is 0 Å². The lowest BCUT2D eigenvalue weighted by Crippen LogP contribution is -2.46. The summed E-state index contributed by atoms with van der Waals surface area (Å²) in [7, 11) is 0. The summed E-state index contributed by atoms with van der Waals surface area (Å²) in [4.78, 5) is 12.2. The largest absolute Gasteiger partial charge is 0.494 e. The van der Waals surface area contributed by atoms with Crippen molar-refractivity contribution in [2.75, 3.05) is 11.9 Å². The molecule has 0 aliphatic heterocycles. The molecule has 4 heteroatoms. The zero-order valence-corrected chi connectivity index (χ0v) is 14.1. The Labute approximate surface area is 130 Å². The first kappa shape index (κ1) is 17.0. The van der Waals surface area contributed by atoms with Gasteiger partial charge in [0.05, 0.1) is 6.61 Å². The molecule has 0 aliphatic carbocycles. The molecule has 3 nitrogen and oxygen atoms in total. The molecular weight excluding hydrogens is 318 g/mol. The van der Waals surface area contributed by atoms with Gasteiger partial charge in [-0.05, 0) is 44.0 Å². The van der Waals surface area contributed by atoms with Crippen molar-refractivity contribution >= 4 is 21.8 Å². The van der Waals surface area contributed by atoms with E-state index in [1.54, 1.807) is 12.1 Å². The van der Waals surface area contributed by atoms with Crippen molar-refractivity contribution in [2.24, 2.45) is 0 Å². The van der Waals surface area contributed by atoms with E-state index in [1.165, 1.54) is 0 Å². The highest BCUT2D eigenvalue weighted by Gasteiger charge is 2.23. The number of hydrogen-bond acceptors (Lipinski definition) is 2. The number of halogens is 1. The SMILES string of the molecule is CCCCOc1ccc(C(=O)NC(C)(CC)CBr)cc1. The summed E-state index contributed by atoms with van der Waals surface area (Å²) in [6, 6.07) is 7.31. The zero-order valence-electron chi connectivity index (χ0n) is 12.5. The molecule has 0 spiro atoms. The summed E-state index contributed by atoms with van der Waals surface area (Å²) in [5, 5.41) is 3.79. The number of nitrogens with one attached hydrogen (secondary N) is 1. The quantitative estimate of drug-likeness (QED) is 0.569. The van der Waals surface area contributed by atoms with Crippen LogP contribution in [0.2, 0.25) is 0 Å². The van der Waals surface area contributed by atoms with Gasteiger partial charge in [0, 0.05) is 16.4 Å². The molecule has 0 aliphatic rings. The van der Waals surface area contributed by atoms with E-state index >= 15 is 0 Å². The molecule has 112 valence electrons. The maximum Gasteiger partial charge on any atom is 0.251 e. The van der Waals surface area contributed by atoms with E-state index in [4.69, 9.17) is 4.74 Å². The van der Waals surface area contributed by atoms with E-state index in [2.05, 4.69) is 35.1 Å². The lowest BCUT2D eigenvalue weighted by molar-refractivity contribution is 0.0913. The molecule has 0 saturated carbocycles. The Hall–Kier alpha value is -1.03. The number of benzene rings is 1. The van der Waals surface area contributed by atoms with Crippen LogP contribution in [0.4, 0.5) is 0 Å². The number of carbonyl (C=O) groups is 1. The van der Waals surface area contributed by atoms with E-state index in [1.807, 2.05) is 19.1 Å². The van der Waals surface area contributed by atoms with Crippen LogP contribution in [0.1, 0.15) is 50.4 Å². The summed E-state index contributed by atoms with van der Waals surface area (Å²) < 4.78 is 5.59. The van der Waals surface area contributed by atoms with Gasteiger partial charge in [0.15, 0.2) is 0 Å². The number of hydrogen-bond donors (Lipinski definition) is 1. The Balaban J connectivity index is 2.61. The van der Waals surface area contributed by atoms with Crippen LogP contribution in [0.25, 0.3) is 0 Å². The van der Waals surface area contributed by atoms with Gasteiger partial charge < -0.3 is 10.1 Å². The molecule has 20 heavy (non-hydrogen) atoms. The van der Waals surface area contributed by atoms with Crippen molar-refractivity contribution < 1.29 is 9.53 Å². The Morgan fingerprint density at radius 3 is 2.45 bits per heavy atom. The molecule has 1 aromatic rings. The fourth-order valence-electron chi connectivity index (χ4n) is 1.60. The molecule has 0 radical (unpaired) electrons. The van der Waals surface area contributed by atoms with Crippen LogP contribution in [0.5, 0.6) is 5.75 Å². The highest BCUT2D eigenvalue weighted by molar-refractivity contribution is 9.09. The molecule has 0 bridgehead atoms. The molecule has 1 amide bonds. The number of alkyl halides is 1. The predicted molar refractivity (Wildman–Crippen MR) is 86.8 cm³/mol. The highest BCUT2D eigenvalue weighted by Crippen LogP contribution is 2.16. The normalized spacial score (nSPS) is 13.6. The first-order valence-electron chi connectivity index (χ1n) is 7.16. The zero-order chi connectivity index (χ0) is 15.0. The molecular formula is C16H24BrNO2. The Morgan fingerprint density at radius 1 is 1.30 bits per heavy atom. The lowest BCUT2D eigenvalue weighted by Gasteiger charge is -2.27. The fraction of sp³-hybridized carbons (Fsp3) is 0.562. The second-order valence-corrected chi connectivity index (χ2v) is 5.79. The van der Waals surface area contributed by atoms with Crippen LogP contribution >= 0.6 is 15.9 Å². The van der Waals surface area contributed by atoms with Crippen molar-refractivity contribution in [1.29, 1.82) is 0 Å². The smallest absolute Gasteiger partial charge is 0.251 e. The topological polar surface area (TPSA) is 38.3 Å². The van der Waals surface area contributed by atoms with Crippen molar-refractivity contribution in [3.63, 3.8) is 0 Å². The average Bonchev–Trinajstić information content (AvgIpc) is 2.48. The maximum absolute atomic E-state index is 12.2. The first-order valence-corrected chi connectivity index (χ1v) is 8.28. The number of unbranched alkanes of at least 4 members (excludes halogenated alkanes) is 1. The van der Waals surface area contributed by atoms with Crippen molar-refractivity contribution in [3.8, 4) is 5.75 Å².